The summed E-state index contributed by atoms with van der Waals surface area (Å²) in [6.45, 7) is 1.19. The first-order valence-electron chi connectivity index (χ1n) is 5.16. The minimum absolute atomic E-state index is 0.144. The minimum Gasteiger partial charge on any atom is -0.308 e. The number of nitrogens with one attached hydrogen (secondary N) is 1. The zero-order valence-electron chi connectivity index (χ0n) is 9.46. The summed E-state index contributed by atoms with van der Waals surface area (Å²) in [6, 6.07) is 5.00. The summed E-state index contributed by atoms with van der Waals surface area (Å²) in [4.78, 5) is 5.33. The summed E-state index contributed by atoms with van der Waals surface area (Å²) >= 11 is 0. The topological polar surface area (TPSA) is 54.2 Å². The maximum Gasteiger partial charge on any atom is 0.401 e. The van der Waals surface area contributed by atoms with Gasteiger partial charge in [-0.15, -0.1) is 0 Å². The highest BCUT2D eigenvalue weighted by Crippen LogP contribution is 2.17. The van der Waals surface area contributed by atoms with E-state index in [1.54, 1.807) is 25.1 Å². The van der Waals surface area contributed by atoms with Crippen LogP contribution in [-0.4, -0.2) is 29.1 Å². The van der Waals surface area contributed by atoms with E-state index < -0.39 is 12.7 Å². The van der Waals surface area contributed by atoms with Crippen molar-refractivity contribution in [2.45, 2.75) is 19.6 Å². The Bertz CT molecular complexity index is 354. The van der Waals surface area contributed by atoms with Crippen LogP contribution in [0, 0.1) is 0 Å². The van der Waals surface area contributed by atoms with Gasteiger partial charge in [0.2, 0.25) is 0 Å². The lowest BCUT2D eigenvalue weighted by Crippen LogP contribution is -2.33. The number of halogens is 3. The number of hydrogen-bond donors (Lipinski definition) is 2. The third kappa shape index (κ3) is 5.01. The van der Waals surface area contributed by atoms with Gasteiger partial charge in [0.25, 0.3) is 0 Å². The van der Waals surface area contributed by atoms with Crippen molar-refractivity contribution in [3.05, 3.63) is 23.9 Å². The summed E-state index contributed by atoms with van der Waals surface area (Å²) in [5.41, 5.74) is 2.90. The summed E-state index contributed by atoms with van der Waals surface area (Å²) in [7, 11) is 0. The lowest BCUT2D eigenvalue weighted by atomic mass is 10.3. The third-order valence-electron chi connectivity index (χ3n) is 2.19. The quantitative estimate of drug-likeness (QED) is 0.615. The van der Waals surface area contributed by atoms with Crippen molar-refractivity contribution in [1.82, 2.24) is 9.88 Å². The van der Waals surface area contributed by atoms with Crippen LogP contribution >= 0.6 is 0 Å². The largest absolute Gasteiger partial charge is 0.401 e. The van der Waals surface area contributed by atoms with Gasteiger partial charge in [-0.1, -0.05) is 13.0 Å². The predicted octanol–water partition coefficient (Wildman–Crippen LogP) is 1.75. The standard InChI is InChI=1S/C10H15F3N4/c1-2-17(7-10(11,12)13)6-8-4-3-5-9(15-8)16-14/h3-5H,2,6-7,14H2,1H3,(H,15,16). The average molecular weight is 248 g/mol. The van der Waals surface area contributed by atoms with Crippen molar-refractivity contribution in [3.63, 3.8) is 0 Å². The van der Waals surface area contributed by atoms with Crippen LogP contribution in [0.4, 0.5) is 19.0 Å². The van der Waals surface area contributed by atoms with Gasteiger partial charge in [-0.05, 0) is 18.7 Å². The third-order valence-corrected chi connectivity index (χ3v) is 2.19. The number of rotatable bonds is 5. The fraction of sp³-hybridized carbons (Fsp3) is 0.500. The molecule has 0 saturated carbocycles. The van der Waals surface area contributed by atoms with Gasteiger partial charge >= 0.3 is 6.18 Å². The number of hydrazine groups is 1. The second-order valence-corrected chi connectivity index (χ2v) is 3.58. The van der Waals surface area contributed by atoms with Crippen molar-refractivity contribution in [3.8, 4) is 0 Å². The summed E-state index contributed by atoms with van der Waals surface area (Å²) in [5, 5.41) is 0. The molecule has 0 radical (unpaired) electrons. The molecule has 0 fully saturated rings. The molecule has 17 heavy (non-hydrogen) atoms. The normalized spacial score (nSPS) is 11.9. The summed E-state index contributed by atoms with van der Waals surface area (Å²) in [5.74, 6) is 5.61. The van der Waals surface area contributed by atoms with Crippen LogP contribution in [0.25, 0.3) is 0 Å². The van der Waals surface area contributed by atoms with Gasteiger partial charge in [0.15, 0.2) is 0 Å². The smallest absolute Gasteiger partial charge is 0.308 e. The molecule has 1 aromatic heterocycles. The van der Waals surface area contributed by atoms with E-state index >= 15 is 0 Å². The molecule has 1 heterocycles. The number of alkyl halides is 3. The maximum absolute atomic E-state index is 12.2. The molecule has 0 amide bonds. The van der Waals surface area contributed by atoms with Crippen LogP contribution in [0.5, 0.6) is 0 Å². The van der Waals surface area contributed by atoms with E-state index in [9.17, 15) is 13.2 Å². The van der Waals surface area contributed by atoms with Crippen molar-refractivity contribution < 1.29 is 13.2 Å². The first-order chi connectivity index (χ1) is 7.94. The molecule has 1 aromatic rings. The van der Waals surface area contributed by atoms with Gasteiger partial charge in [-0.3, -0.25) is 4.90 Å². The van der Waals surface area contributed by atoms with Crippen LogP contribution in [0.2, 0.25) is 0 Å². The van der Waals surface area contributed by atoms with E-state index in [0.29, 0.717) is 18.1 Å². The number of aromatic nitrogens is 1. The van der Waals surface area contributed by atoms with Crippen molar-refractivity contribution in [1.29, 1.82) is 0 Å². The fourth-order valence-corrected chi connectivity index (χ4v) is 1.41. The Morgan fingerprint density at radius 3 is 2.65 bits per heavy atom. The second kappa shape index (κ2) is 5.83. The number of anilines is 1. The van der Waals surface area contributed by atoms with Crippen LogP contribution < -0.4 is 11.3 Å². The molecule has 1 rings (SSSR count). The number of nitrogen functional groups attached to an aromatic ring is 1. The van der Waals surface area contributed by atoms with Gasteiger partial charge in [-0.25, -0.2) is 10.8 Å². The molecule has 96 valence electrons. The number of nitrogens with zero attached hydrogens (tertiary/aromatic N) is 2. The predicted molar refractivity (Wildman–Crippen MR) is 59.1 cm³/mol. The Labute approximate surface area is 97.6 Å². The Balaban J connectivity index is 2.67. The Hall–Kier alpha value is -1.34. The summed E-state index contributed by atoms with van der Waals surface area (Å²) in [6.07, 6.45) is -4.19. The molecular weight excluding hydrogens is 233 g/mol. The van der Waals surface area contributed by atoms with Gasteiger partial charge < -0.3 is 5.43 Å². The molecule has 0 unspecified atom stereocenters. The monoisotopic (exact) mass is 248 g/mol. The van der Waals surface area contributed by atoms with E-state index in [-0.39, 0.29) is 6.54 Å². The van der Waals surface area contributed by atoms with E-state index in [1.807, 2.05) is 0 Å². The van der Waals surface area contributed by atoms with Gasteiger partial charge in [0.1, 0.15) is 5.82 Å². The summed E-state index contributed by atoms with van der Waals surface area (Å²) < 4.78 is 36.7. The van der Waals surface area contributed by atoms with E-state index in [4.69, 9.17) is 5.84 Å². The number of nitrogens with two attached hydrogens (primary N) is 1. The van der Waals surface area contributed by atoms with Crippen LogP contribution in [0.1, 0.15) is 12.6 Å². The first kappa shape index (κ1) is 13.7. The average Bonchev–Trinajstić information content (AvgIpc) is 2.26. The zero-order chi connectivity index (χ0) is 12.9. The van der Waals surface area contributed by atoms with E-state index in [0.717, 1.165) is 0 Å². The van der Waals surface area contributed by atoms with Crippen molar-refractivity contribution >= 4 is 5.82 Å². The Morgan fingerprint density at radius 1 is 1.41 bits per heavy atom. The SMILES string of the molecule is CCN(Cc1cccc(NN)n1)CC(F)(F)F. The minimum atomic E-state index is -4.19. The van der Waals surface area contributed by atoms with Crippen LogP contribution in [0.3, 0.4) is 0 Å². The number of hydrogen-bond acceptors (Lipinski definition) is 4. The van der Waals surface area contributed by atoms with Crippen molar-refractivity contribution in [2.75, 3.05) is 18.5 Å². The zero-order valence-corrected chi connectivity index (χ0v) is 9.46. The molecule has 0 aliphatic carbocycles. The molecule has 0 saturated heterocycles. The molecule has 3 N–H and O–H groups in total. The second-order valence-electron chi connectivity index (χ2n) is 3.58. The van der Waals surface area contributed by atoms with Crippen LogP contribution in [-0.2, 0) is 6.54 Å². The Kier molecular flexibility index (Phi) is 4.71. The molecule has 0 bridgehead atoms. The molecule has 0 spiro atoms. The lowest BCUT2D eigenvalue weighted by Gasteiger charge is -2.21. The van der Waals surface area contributed by atoms with E-state index in [2.05, 4.69) is 10.4 Å². The van der Waals surface area contributed by atoms with Gasteiger partial charge in [0, 0.05) is 6.54 Å². The van der Waals surface area contributed by atoms with Gasteiger partial charge in [-0.2, -0.15) is 13.2 Å². The van der Waals surface area contributed by atoms with E-state index in [1.165, 1.54) is 4.90 Å². The molecular formula is C10H15F3N4. The number of pyridine rings is 1. The lowest BCUT2D eigenvalue weighted by molar-refractivity contribution is -0.146. The maximum atomic E-state index is 12.2. The molecule has 4 nitrogen and oxygen atoms in total. The van der Waals surface area contributed by atoms with Crippen LogP contribution in [0.15, 0.2) is 18.2 Å². The first-order valence-corrected chi connectivity index (χ1v) is 5.16. The van der Waals surface area contributed by atoms with Crippen molar-refractivity contribution in [2.24, 2.45) is 5.84 Å². The molecule has 0 aromatic carbocycles. The highest BCUT2D eigenvalue weighted by Gasteiger charge is 2.30. The Morgan fingerprint density at radius 2 is 2.12 bits per heavy atom. The molecule has 0 aliphatic rings. The molecule has 7 heteroatoms. The fourth-order valence-electron chi connectivity index (χ4n) is 1.41. The molecule has 0 atom stereocenters. The highest BCUT2D eigenvalue weighted by molar-refractivity contribution is 5.33. The van der Waals surface area contributed by atoms with Gasteiger partial charge in [0.05, 0.1) is 12.2 Å². The highest BCUT2D eigenvalue weighted by atomic mass is 19.4. The molecule has 0 aliphatic heterocycles.